The van der Waals surface area contributed by atoms with E-state index in [1.165, 1.54) is 56.7 Å². The van der Waals surface area contributed by atoms with Crippen molar-refractivity contribution >= 4 is 29.5 Å². The summed E-state index contributed by atoms with van der Waals surface area (Å²) in [5.74, 6) is -1.56. The average molecular weight is 412 g/mol. The number of ether oxygens (including phenoxy) is 3. The number of esters is 1. The third-order valence-electron chi connectivity index (χ3n) is 4.34. The molecule has 0 aliphatic carbocycles. The minimum Gasteiger partial charge on any atom is -0.502 e. The number of anilines is 1. The highest BCUT2D eigenvalue weighted by Gasteiger charge is 2.34. The largest absolute Gasteiger partial charge is 0.502 e. The number of phenolic OH excluding ortho intramolecular Hbond substituents is 1. The minimum atomic E-state index is -0.597. The van der Waals surface area contributed by atoms with Gasteiger partial charge in [0, 0.05) is 0 Å². The predicted octanol–water partition coefficient (Wildman–Crippen LogP) is 2.05. The Kier molecular flexibility index (Phi) is 5.91. The van der Waals surface area contributed by atoms with E-state index in [1.54, 1.807) is 6.92 Å². The van der Waals surface area contributed by atoms with Gasteiger partial charge in [-0.1, -0.05) is 0 Å². The fourth-order valence-electron chi connectivity index (χ4n) is 2.86. The lowest BCUT2D eigenvalue weighted by molar-refractivity contribution is -0.117. The lowest BCUT2D eigenvalue weighted by Gasteiger charge is -2.14. The van der Waals surface area contributed by atoms with Crippen LogP contribution in [0.1, 0.15) is 22.8 Å². The molecular formula is C21H20N2O7. The van der Waals surface area contributed by atoms with Crippen molar-refractivity contribution in [3.63, 3.8) is 0 Å². The van der Waals surface area contributed by atoms with Crippen LogP contribution in [0.4, 0.5) is 5.69 Å². The molecular weight excluding hydrogens is 392 g/mol. The van der Waals surface area contributed by atoms with Crippen LogP contribution in [0.2, 0.25) is 0 Å². The Labute approximate surface area is 172 Å². The molecule has 0 unspecified atom stereocenters. The first-order chi connectivity index (χ1) is 14.4. The Hall–Kier alpha value is -4.01. The molecule has 0 bridgehead atoms. The third-order valence-corrected chi connectivity index (χ3v) is 4.34. The van der Waals surface area contributed by atoms with Crippen LogP contribution in [-0.4, -0.2) is 43.7 Å². The second kappa shape index (κ2) is 8.56. The zero-order valence-electron chi connectivity index (χ0n) is 16.6. The lowest BCUT2D eigenvalue weighted by Crippen LogP contribution is -2.35. The highest BCUT2D eigenvalue weighted by molar-refractivity contribution is 6.31. The van der Waals surface area contributed by atoms with Crippen LogP contribution >= 0.6 is 0 Å². The van der Waals surface area contributed by atoms with E-state index in [1.807, 2.05) is 0 Å². The number of hydrogen-bond donors (Lipinski definition) is 2. The molecule has 0 atom stereocenters. The van der Waals surface area contributed by atoms with Crippen LogP contribution in [0.15, 0.2) is 42.0 Å². The number of benzene rings is 2. The first-order valence-electron chi connectivity index (χ1n) is 8.98. The number of carbonyl (C=O) groups is 3. The van der Waals surface area contributed by atoms with Crippen molar-refractivity contribution in [1.82, 2.24) is 5.43 Å². The Balaban J connectivity index is 1.89. The van der Waals surface area contributed by atoms with Gasteiger partial charge in [-0.3, -0.25) is 15.0 Å². The molecule has 0 aromatic heterocycles. The molecule has 1 aliphatic heterocycles. The molecule has 1 fully saturated rings. The molecule has 0 spiro atoms. The zero-order valence-corrected chi connectivity index (χ0v) is 16.6. The molecule has 1 aliphatic rings. The maximum Gasteiger partial charge on any atom is 0.338 e. The number of hydrazine groups is 1. The van der Waals surface area contributed by atoms with Crippen molar-refractivity contribution in [1.29, 1.82) is 0 Å². The summed E-state index contributed by atoms with van der Waals surface area (Å²) >= 11 is 0. The van der Waals surface area contributed by atoms with Gasteiger partial charge in [0.1, 0.15) is 5.57 Å². The number of methoxy groups -OCH3 is 2. The van der Waals surface area contributed by atoms with Crippen LogP contribution in [0, 0.1) is 0 Å². The average Bonchev–Trinajstić information content (AvgIpc) is 3.03. The van der Waals surface area contributed by atoms with Crippen molar-refractivity contribution in [3.8, 4) is 17.2 Å². The van der Waals surface area contributed by atoms with E-state index in [4.69, 9.17) is 14.2 Å². The first-order valence-corrected chi connectivity index (χ1v) is 8.98. The lowest BCUT2D eigenvalue weighted by atomic mass is 10.1. The van der Waals surface area contributed by atoms with Crippen molar-refractivity contribution in [2.45, 2.75) is 6.92 Å². The van der Waals surface area contributed by atoms with Gasteiger partial charge in [0.25, 0.3) is 11.8 Å². The number of aromatic hydroxyl groups is 1. The summed E-state index contributed by atoms with van der Waals surface area (Å²) < 4.78 is 15.1. The van der Waals surface area contributed by atoms with E-state index in [0.29, 0.717) is 16.8 Å². The van der Waals surface area contributed by atoms with E-state index < -0.39 is 17.8 Å². The number of nitrogens with one attached hydrogen (secondary N) is 1. The second-order valence-electron chi connectivity index (χ2n) is 6.18. The molecule has 156 valence electrons. The van der Waals surface area contributed by atoms with Gasteiger partial charge >= 0.3 is 5.97 Å². The molecule has 1 heterocycles. The van der Waals surface area contributed by atoms with Crippen molar-refractivity contribution < 1.29 is 33.7 Å². The highest BCUT2D eigenvalue weighted by Crippen LogP contribution is 2.38. The van der Waals surface area contributed by atoms with Crippen LogP contribution in [0.3, 0.4) is 0 Å². The highest BCUT2D eigenvalue weighted by atomic mass is 16.5. The Morgan fingerprint density at radius 3 is 2.23 bits per heavy atom. The smallest absolute Gasteiger partial charge is 0.338 e. The molecule has 1 saturated heterocycles. The summed E-state index contributed by atoms with van der Waals surface area (Å²) in [5.41, 5.74) is 3.51. The molecule has 9 nitrogen and oxygen atoms in total. The van der Waals surface area contributed by atoms with Crippen molar-refractivity contribution in [3.05, 3.63) is 53.1 Å². The normalized spacial score (nSPS) is 14.6. The summed E-state index contributed by atoms with van der Waals surface area (Å²) in [4.78, 5) is 36.9. The summed E-state index contributed by atoms with van der Waals surface area (Å²) in [6, 6.07) is 9.01. The number of hydrogen-bond acceptors (Lipinski definition) is 7. The van der Waals surface area contributed by atoms with E-state index in [-0.39, 0.29) is 29.4 Å². The number of nitrogens with zero attached hydrogens (tertiary/aromatic N) is 1. The molecule has 2 amide bonds. The summed E-state index contributed by atoms with van der Waals surface area (Å²) in [6.45, 7) is 1.96. The molecule has 30 heavy (non-hydrogen) atoms. The standard InChI is InChI=1S/C21H20N2O7/c1-4-30-21(27)13-5-7-14(8-6-13)23-20(26)15(19(25)22-23)9-12-10-16(28-2)18(24)17(11-12)29-3/h5-11,24H,4H2,1-3H3,(H,22,25). The van der Waals surface area contributed by atoms with Crippen LogP contribution in [0.25, 0.3) is 6.08 Å². The van der Waals surface area contributed by atoms with E-state index in [2.05, 4.69) is 5.43 Å². The number of carbonyl (C=O) groups excluding carboxylic acids is 3. The second-order valence-corrected chi connectivity index (χ2v) is 6.18. The Morgan fingerprint density at radius 2 is 1.70 bits per heavy atom. The number of rotatable bonds is 6. The zero-order chi connectivity index (χ0) is 21.8. The molecule has 2 N–H and O–H groups in total. The SMILES string of the molecule is CCOC(=O)c1ccc(N2NC(=O)C(=Cc3cc(OC)c(O)c(OC)c3)C2=O)cc1. The van der Waals surface area contributed by atoms with E-state index in [9.17, 15) is 19.5 Å². The fourth-order valence-corrected chi connectivity index (χ4v) is 2.86. The molecule has 2 aromatic carbocycles. The third kappa shape index (κ3) is 3.90. The monoisotopic (exact) mass is 412 g/mol. The van der Waals surface area contributed by atoms with Gasteiger partial charge < -0.3 is 19.3 Å². The molecule has 9 heteroatoms. The molecule has 0 radical (unpaired) electrons. The summed E-state index contributed by atoms with van der Waals surface area (Å²) in [5, 5.41) is 11.1. The van der Waals surface area contributed by atoms with Gasteiger partial charge in [0.15, 0.2) is 11.5 Å². The van der Waals surface area contributed by atoms with E-state index >= 15 is 0 Å². The van der Waals surface area contributed by atoms with Gasteiger partial charge in [-0.2, -0.15) is 0 Å². The first kappa shape index (κ1) is 20.7. The van der Waals surface area contributed by atoms with Gasteiger partial charge in [0.2, 0.25) is 5.75 Å². The quantitative estimate of drug-likeness (QED) is 0.424. The maximum absolute atomic E-state index is 12.8. The maximum atomic E-state index is 12.8. The van der Waals surface area contributed by atoms with Gasteiger partial charge in [-0.15, -0.1) is 0 Å². The summed E-state index contributed by atoms with van der Waals surface area (Å²) in [7, 11) is 2.75. The van der Waals surface area contributed by atoms with Crippen molar-refractivity contribution in [2.75, 3.05) is 25.8 Å². The molecule has 3 rings (SSSR count). The van der Waals surface area contributed by atoms with Crippen LogP contribution in [-0.2, 0) is 14.3 Å². The topological polar surface area (TPSA) is 114 Å². The Bertz CT molecular complexity index is 1000. The Morgan fingerprint density at radius 1 is 1.10 bits per heavy atom. The van der Waals surface area contributed by atoms with E-state index in [0.717, 1.165) is 5.01 Å². The van der Waals surface area contributed by atoms with Crippen LogP contribution < -0.4 is 19.9 Å². The number of amides is 2. The van der Waals surface area contributed by atoms with Gasteiger partial charge in [0.05, 0.1) is 32.1 Å². The van der Waals surface area contributed by atoms with Gasteiger partial charge in [-0.05, 0) is 55.0 Å². The van der Waals surface area contributed by atoms with Gasteiger partial charge in [-0.25, -0.2) is 9.80 Å². The van der Waals surface area contributed by atoms with Crippen molar-refractivity contribution in [2.24, 2.45) is 0 Å². The predicted molar refractivity (Wildman–Crippen MR) is 107 cm³/mol. The molecule has 2 aromatic rings. The number of phenols is 1. The van der Waals surface area contributed by atoms with Crippen LogP contribution in [0.5, 0.6) is 17.2 Å². The summed E-state index contributed by atoms with van der Waals surface area (Å²) in [6.07, 6.45) is 1.37. The molecule has 0 saturated carbocycles. The fraction of sp³-hybridized carbons (Fsp3) is 0.190. The minimum absolute atomic E-state index is 0.112.